The standard InChI is InChI=1S/C19H26N4O3S/c1-14(2)20-17(24)9-10-23(11-12-26-3)18(25)16-13-27-19(22-16)21-15-7-5-4-6-8-15/h4-8,13-14H,9-12H2,1-3H3,(H,20,24)(H,21,22). The molecule has 0 aliphatic carbocycles. The van der Waals surface area contributed by atoms with Gasteiger partial charge in [-0.05, 0) is 26.0 Å². The van der Waals surface area contributed by atoms with Crippen LogP contribution in [0.1, 0.15) is 30.8 Å². The zero-order chi connectivity index (χ0) is 19.6. The number of thiazole rings is 1. The molecule has 1 heterocycles. The normalized spacial score (nSPS) is 10.7. The predicted octanol–water partition coefficient (Wildman–Crippen LogP) is 2.89. The van der Waals surface area contributed by atoms with E-state index in [9.17, 15) is 9.59 Å². The summed E-state index contributed by atoms with van der Waals surface area (Å²) in [5.41, 5.74) is 1.27. The van der Waals surface area contributed by atoms with Crippen LogP contribution in [0.4, 0.5) is 10.8 Å². The van der Waals surface area contributed by atoms with Gasteiger partial charge in [-0.3, -0.25) is 9.59 Å². The highest BCUT2D eigenvalue weighted by molar-refractivity contribution is 7.14. The third kappa shape index (κ3) is 6.99. The van der Waals surface area contributed by atoms with Crippen molar-refractivity contribution in [1.82, 2.24) is 15.2 Å². The van der Waals surface area contributed by atoms with Gasteiger partial charge in [-0.25, -0.2) is 4.98 Å². The molecule has 0 unspecified atom stereocenters. The second-order valence-electron chi connectivity index (χ2n) is 6.29. The highest BCUT2D eigenvalue weighted by Gasteiger charge is 2.20. The van der Waals surface area contributed by atoms with E-state index in [2.05, 4.69) is 15.6 Å². The Hall–Kier alpha value is -2.45. The minimum Gasteiger partial charge on any atom is -0.383 e. The number of hydrogen-bond acceptors (Lipinski definition) is 6. The van der Waals surface area contributed by atoms with E-state index < -0.39 is 0 Å². The van der Waals surface area contributed by atoms with Gasteiger partial charge < -0.3 is 20.3 Å². The first-order valence-electron chi connectivity index (χ1n) is 8.84. The first kappa shape index (κ1) is 20.9. The smallest absolute Gasteiger partial charge is 0.273 e. The van der Waals surface area contributed by atoms with Crippen LogP contribution in [0, 0.1) is 0 Å². The van der Waals surface area contributed by atoms with Crippen molar-refractivity contribution in [2.45, 2.75) is 26.3 Å². The van der Waals surface area contributed by atoms with Crippen molar-refractivity contribution in [2.24, 2.45) is 0 Å². The van der Waals surface area contributed by atoms with E-state index in [0.29, 0.717) is 30.5 Å². The average molecular weight is 391 g/mol. The van der Waals surface area contributed by atoms with Gasteiger partial charge in [-0.1, -0.05) is 18.2 Å². The molecule has 7 nitrogen and oxygen atoms in total. The lowest BCUT2D eigenvalue weighted by atomic mass is 10.3. The first-order chi connectivity index (χ1) is 13.0. The molecule has 27 heavy (non-hydrogen) atoms. The summed E-state index contributed by atoms with van der Waals surface area (Å²) in [6.45, 7) is 4.93. The van der Waals surface area contributed by atoms with Crippen LogP contribution >= 0.6 is 11.3 Å². The number of nitrogens with zero attached hydrogens (tertiary/aromatic N) is 2. The van der Waals surface area contributed by atoms with Crippen LogP contribution in [0.25, 0.3) is 0 Å². The Kier molecular flexibility index (Phi) is 8.22. The summed E-state index contributed by atoms with van der Waals surface area (Å²) in [4.78, 5) is 30.7. The fraction of sp³-hybridized carbons (Fsp3) is 0.421. The number of aromatic nitrogens is 1. The van der Waals surface area contributed by atoms with E-state index in [4.69, 9.17) is 4.74 Å². The van der Waals surface area contributed by atoms with Crippen LogP contribution < -0.4 is 10.6 Å². The van der Waals surface area contributed by atoms with Gasteiger partial charge >= 0.3 is 0 Å². The zero-order valence-electron chi connectivity index (χ0n) is 15.9. The second-order valence-corrected chi connectivity index (χ2v) is 7.14. The quantitative estimate of drug-likeness (QED) is 0.652. The molecule has 0 bridgehead atoms. The van der Waals surface area contributed by atoms with Crippen LogP contribution in [0.2, 0.25) is 0 Å². The molecule has 0 saturated heterocycles. The highest BCUT2D eigenvalue weighted by Crippen LogP contribution is 2.21. The van der Waals surface area contributed by atoms with Crippen LogP contribution in [-0.4, -0.2) is 54.5 Å². The highest BCUT2D eigenvalue weighted by atomic mass is 32.1. The molecule has 0 aliphatic rings. The van der Waals surface area contributed by atoms with Gasteiger partial charge in [0.1, 0.15) is 5.69 Å². The minimum absolute atomic E-state index is 0.0748. The summed E-state index contributed by atoms with van der Waals surface area (Å²) in [5.74, 6) is -0.285. The number of para-hydroxylation sites is 1. The van der Waals surface area contributed by atoms with Gasteiger partial charge in [-0.2, -0.15) is 0 Å². The number of anilines is 2. The summed E-state index contributed by atoms with van der Waals surface area (Å²) in [7, 11) is 1.58. The molecule has 0 spiro atoms. The van der Waals surface area contributed by atoms with Gasteiger partial charge in [0.25, 0.3) is 5.91 Å². The summed E-state index contributed by atoms with van der Waals surface area (Å²) in [5, 5.41) is 8.38. The monoisotopic (exact) mass is 390 g/mol. The van der Waals surface area contributed by atoms with Crippen molar-refractivity contribution in [2.75, 3.05) is 32.1 Å². The van der Waals surface area contributed by atoms with Crippen molar-refractivity contribution in [1.29, 1.82) is 0 Å². The molecule has 0 saturated carbocycles. The van der Waals surface area contributed by atoms with Gasteiger partial charge in [-0.15, -0.1) is 11.3 Å². The average Bonchev–Trinajstić information content (AvgIpc) is 3.10. The summed E-state index contributed by atoms with van der Waals surface area (Å²) >= 11 is 1.37. The van der Waals surface area contributed by atoms with E-state index in [1.807, 2.05) is 44.2 Å². The Bertz CT molecular complexity index is 734. The van der Waals surface area contributed by atoms with E-state index in [0.717, 1.165) is 5.69 Å². The molecule has 2 N–H and O–H groups in total. The lowest BCUT2D eigenvalue weighted by Crippen LogP contribution is -2.38. The number of rotatable bonds is 10. The zero-order valence-corrected chi connectivity index (χ0v) is 16.7. The number of ether oxygens (including phenoxy) is 1. The van der Waals surface area contributed by atoms with Crippen LogP contribution in [-0.2, 0) is 9.53 Å². The molecule has 2 rings (SSSR count). The number of nitrogens with one attached hydrogen (secondary N) is 2. The van der Waals surface area contributed by atoms with Gasteiger partial charge in [0.05, 0.1) is 6.61 Å². The fourth-order valence-electron chi connectivity index (χ4n) is 2.38. The van der Waals surface area contributed by atoms with E-state index in [1.165, 1.54) is 11.3 Å². The Balaban J connectivity index is 2.00. The van der Waals surface area contributed by atoms with Crippen molar-refractivity contribution in [3.8, 4) is 0 Å². The minimum atomic E-state index is -0.207. The number of methoxy groups -OCH3 is 1. The Labute approximate surface area is 163 Å². The van der Waals surface area contributed by atoms with E-state index >= 15 is 0 Å². The fourth-order valence-corrected chi connectivity index (χ4v) is 3.09. The molecular formula is C19H26N4O3S. The van der Waals surface area contributed by atoms with Gasteiger partial charge in [0.2, 0.25) is 5.91 Å². The first-order valence-corrected chi connectivity index (χ1v) is 9.72. The number of carbonyl (C=O) groups is 2. The molecule has 0 aliphatic heterocycles. The number of benzene rings is 1. The Morgan fingerprint density at radius 2 is 1.96 bits per heavy atom. The molecule has 0 radical (unpaired) electrons. The van der Waals surface area contributed by atoms with Crippen molar-refractivity contribution >= 4 is 34.0 Å². The maximum Gasteiger partial charge on any atom is 0.273 e. The topological polar surface area (TPSA) is 83.6 Å². The van der Waals surface area contributed by atoms with Crippen molar-refractivity contribution in [3.63, 3.8) is 0 Å². The van der Waals surface area contributed by atoms with Crippen molar-refractivity contribution in [3.05, 3.63) is 41.4 Å². The molecule has 1 aromatic carbocycles. The van der Waals surface area contributed by atoms with E-state index in [1.54, 1.807) is 17.4 Å². The lowest BCUT2D eigenvalue weighted by molar-refractivity contribution is -0.121. The second kappa shape index (κ2) is 10.6. The predicted molar refractivity (Wildman–Crippen MR) is 108 cm³/mol. The maximum atomic E-state index is 12.8. The SMILES string of the molecule is COCCN(CCC(=O)NC(C)C)C(=O)c1csc(Nc2ccccc2)n1. The largest absolute Gasteiger partial charge is 0.383 e. The molecule has 8 heteroatoms. The Morgan fingerprint density at radius 1 is 1.22 bits per heavy atom. The molecular weight excluding hydrogens is 364 g/mol. The molecule has 2 amide bonds. The van der Waals surface area contributed by atoms with Crippen molar-refractivity contribution < 1.29 is 14.3 Å². The summed E-state index contributed by atoms with van der Waals surface area (Å²) in [6, 6.07) is 9.73. The molecule has 146 valence electrons. The number of amides is 2. The van der Waals surface area contributed by atoms with Gasteiger partial charge in [0, 0.05) is 43.7 Å². The number of carbonyl (C=O) groups excluding carboxylic acids is 2. The van der Waals surface area contributed by atoms with Crippen LogP contribution in [0.3, 0.4) is 0 Å². The summed E-state index contributed by atoms with van der Waals surface area (Å²) < 4.78 is 5.09. The van der Waals surface area contributed by atoms with Crippen LogP contribution in [0.5, 0.6) is 0 Å². The third-order valence-electron chi connectivity index (χ3n) is 3.66. The molecule has 2 aromatic rings. The van der Waals surface area contributed by atoms with Crippen LogP contribution in [0.15, 0.2) is 35.7 Å². The van der Waals surface area contributed by atoms with E-state index in [-0.39, 0.29) is 24.3 Å². The summed E-state index contributed by atoms with van der Waals surface area (Å²) in [6.07, 6.45) is 0.243. The number of hydrogen-bond donors (Lipinski definition) is 2. The maximum absolute atomic E-state index is 12.8. The third-order valence-corrected chi connectivity index (χ3v) is 4.42. The lowest BCUT2D eigenvalue weighted by Gasteiger charge is -2.21. The van der Waals surface area contributed by atoms with Gasteiger partial charge in [0.15, 0.2) is 5.13 Å². The molecule has 1 aromatic heterocycles. The molecule has 0 atom stereocenters. The Morgan fingerprint density at radius 3 is 2.63 bits per heavy atom. The molecule has 0 fully saturated rings.